The van der Waals surface area contributed by atoms with Crippen molar-refractivity contribution in [1.82, 2.24) is 24.8 Å². The predicted molar refractivity (Wildman–Crippen MR) is 179 cm³/mol. The first-order valence-electron chi connectivity index (χ1n) is 15.1. The molecule has 1 N–H and O–H groups in total. The maximum atomic E-state index is 11.7. The van der Waals surface area contributed by atoms with Crippen LogP contribution >= 0.6 is 0 Å². The predicted octanol–water partition coefficient (Wildman–Crippen LogP) is 7.21. The van der Waals surface area contributed by atoms with Crippen LogP contribution in [0.3, 0.4) is 0 Å². The van der Waals surface area contributed by atoms with Crippen molar-refractivity contribution in [2.24, 2.45) is 0 Å². The highest BCUT2D eigenvalue weighted by molar-refractivity contribution is 5.88. The molecule has 7 aromatic rings. The number of carbonyl (C=O) groups is 2. The minimum absolute atomic E-state index is 0.0621. The normalized spacial score (nSPS) is 11.3. The summed E-state index contributed by atoms with van der Waals surface area (Å²) in [7, 11) is 0. The van der Waals surface area contributed by atoms with Gasteiger partial charge in [0.2, 0.25) is 0 Å². The SMILES string of the molecule is O=Cc1ccc(C(=O)O)n1Cc1ccc(-c2ccccc2-c2nnnn2C(c2ccccc2)(c2ccccc2)c2ccccc2)cc1. The molecule has 0 spiro atoms. The van der Waals surface area contributed by atoms with Gasteiger partial charge in [-0.25, -0.2) is 9.48 Å². The molecule has 7 rings (SSSR count). The summed E-state index contributed by atoms with van der Waals surface area (Å²) >= 11 is 0. The lowest BCUT2D eigenvalue weighted by Crippen LogP contribution is -2.39. The van der Waals surface area contributed by atoms with Crippen molar-refractivity contribution in [1.29, 1.82) is 0 Å². The molecule has 47 heavy (non-hydrogen) atoms. The maximum Gasteiger partial charge on any atom is 0.352 e. The number of aromatic nitrogens is 5. The van der Waals surface area contributed by atoms with Gasteiger partial charge in [0, 0.05) is 12.1 Å². The van der Waals surface area contributed by atoms with Gasteiger partial charge in [-0.1, -0.05) is 140 Å². The van der Waals surface area contributed by atoms with E-state index < -0.39 is 11.5 Å². The van der Waals surface area contributed by atoms with Gasteiger partial charge in [0.25, 0.3) is 0 Å². The molecule has 0 aliphatic heterocycles. The van der Waals surface area contributed by atoms with Gasteiger partial charge in [0.1, 0.15) is 11.2 Å². The summed E-state index contributed by atoms with van der Waals surface area (Å²) in [6, 6.07) is 49.6. The Bertz CT molecular complexity index is 2060. The van der Waals surface area contributed by atoms with E-state index in [1.165, 1.54) is 16.7 Å². The third-order valence-electron chi connectivity index (χ3n) is 8.49. The number of aldehydes is 1. The van der Waals surface area contributed by atoms with Crippen molar-refractivity contribution < 1.29 is 14.7 Å². The van der Waals surface area contributed by atoms with Crippen LogP contribution in [0.15, 0.2) is 152 Å². The number of carbonyl (C=O) groups excluding carboxylic acids is 1. The van der Waals surface area contributed by atoms with E-state index in [4.69, 9.17) is 5.21 Å². The molecule has 228 valence electrons. The number of rotatable bonds is 10. The first-order valence-corrected chi connectivity index (χ1v) is 15.1. The van der Waals surface area contributed by atoms with Crippen LogP contribution in [0.4, 0.5) is 0 Å². The second kappa shape index (κ2) is 12.5. The van der Waals surface area contributed by atoms with Crippen molar-refractivity contribution in [2.45, 2.75) is 12.1 Å². The summed E-state index contributed by atoms with van der Waals surface area (Å²) in [4.78, 5) is 23.3. The second-order valence-electron chi connectivity index (χ2n) is 11.1. The summed E-state index contributed by atoms with van der Waals surface area (Å²) in [5.41, 5.74) is 6.07. The Morgan fingerprint density at radius 3 is 1.72 bits per heavy atom. The molecule has 0 aliphatic carbocycles. The lowest BCUT2D eigenvalue weighted by atomic mass is 9.77. The fourth-order valence-electron chi connectivity index (χ4n) is 6.34. The monoisotopic (exact) mass is 615 g/mol. The zero-order chi connectivity index (χ0) is 32.2. The van der Waals surface area contributed by atoms with E-state index >= 15 is 0 Å². The third kappa shape index (κ3) is 5.21. The van der Waals surface area contributed by atoms with Crippen molar-refractivity contribution in [3.8, 4) is 22.5 Å². The molecule has 0 unspecified atom stereocenters. The van der Waals surface area contributed by atoms with Crippen LogP contribution < -0.4 is 0 Å². The van der Waals surface area contributed by atoms with Crippen LogP contribution in [0.5, 0.6) is 0 Å². The van der Waals surface area contributed by atoms with Gasteiger partial charge in [-0.15, -0.1) is 5.10 Å². The molecule has 5 aromatic carbocycles. The summed E-state index contributed by atoms with van der Waals surface area (Å²) in [6.45, 7) is 0.247. The van der Waals surface area contributed by atoms with Crippen molar-refractivity contribution in [3.63, 3.8) is 0 Å². The number of hydrogen-bond acceptors (Lipinski definition) is 5. The van der Waals surface area contributed by atoms with Crippen LogP contribution in [0.25, 0.3) is 22.5 Å². The summed E-state index contributed by atoms with van der Waals surface area (Å²) in [6.07, 6.45) is 0.668. The molecule has 8 heteroatoms. The molecular formula is C39H29N5O3. The Hall–Kier alpha value is -6.41. The van der Waals surface area contributed by atoms with E-state index in [2.05, 4.69) is 46.7 Å². The molecule has 0 atom stereocenters. The molecule has 2 aromatic heterocycles. The number of carboxylic acid groups (broad SMARTS) is 1. The zero-order valence-electron chi connectivity index (χ0n) is 25.2. The first kappa shape index (κ1) is 29.3. The van der Waals surface area contributed by atoms with Gasteiger partial charge in [-0.2, -0.15) is 0 Å². The Balaban J connectivity index is 1.37. The minimum atomic E-state index is -1.08. The minimum Gasteiger partial charge on any atom is -0.477 e. The zero-order valence-corrected chi connectivity index (χ0v) is 25.2. The molecule has 0 fully saturated rings. The van der Waals surface area contributed by atoms with Gasteiger partial charge >= 0.3 is 5.97 Å². The summed E-state index contributed by atoms with van der Waals surface area (Å²) in [5, 5.41) is 23.2. The molecule has 0 aliphatic rings. The summed E-state index contributed by atoms with van der Waals surface area (Å²) < 4.78 is 3.42. The quantitative estimate of drug-likeness (QED) is 0.129. The summed E-state index contributed by atoms with van der Waals surface area (Å²) in [5.74, 6) is -0.491. The molecule has 0 saturated heterocycles. The van der Waals surface area contributed by atoms with Crippen LogP contribution in [0.1, 0.15) is 43.2 Å². The smallest absolute Gasteiger partial charge is 0.352 e. The van der Waals surface area contributed by atoms with Crippen LogP contribution in [0, 0.1) is 0 Å². The number of hydrogen-bond donors (Lipinski definition) is 1. The van der Waals surface area contributed by atoms with E-state index in [9.17, 15) is 14.7 Å². The van der Waals surface area contributed by atoms with Gasteiger partial charge in [0.05, 0.1) is 5.69 Å². The van der Waals surface area contributed by atoms with E-state index in [0.29, 0.717) is 17.8 Å². The molecular weight excluding hydrogens is 586 g/mol. The Labute approximate surface area is 271 Å². The van der Waals surface area contributed by atoms with Gasteiger partial charge in [-0.3, -0.25) is 4.79 Å². The number of aromatic carboxylic acids is 1. The maximum absolute atomic E-state index is 11.7. The topological polar surface area (TPSA) is 103 Å². The lowest BCUT2D eigenvalue weighted by molar-refractivity contribution is 0.0685. The van der Waals surface area contributed by atoms with Gasteiger partial charge < -0.3 is 9.67 Å². The number of tetrazole rings is 1. The number of nitrogens with zero attached hydrogens (tertiary/aromatic N) is 5. The molecule has 0 bridgehead atoms. The highest BCUT2D eigenvalue weighted by atomic mass is 16.4. The number of carboxylic acids is 1. The lowest BCUT2D eigenvalue weighted by Gasteiger charge is -2.36. The molecule has 2 heterocycles. The standard InChI is InChI=1S/C39H29N5O3/c45-27-33-24-25-36(38(46)47)43(33)26-28-20-22-29(23-21-28)34-18-10-11-19-35(34)37-40-41-42-44(37)39(30-12-4-1-5-13-30,31-14-6-2-7-15-31)32-16-8-3-9-17-32/h1-25,27H,26H2,(H,46,47). The second-order valence-corrected chi connectivity index (χ2v) is 11.1. The average molecular weight is 616 g/mol. The van der Waals surface area contributed by atoms with Crippen molar-refractivity contribution in [2.75, 3.05) is 0 Å². The van der Waals surface area contributed by atoms with E-state index in [0.717, 1.165) is 38.9 Å². The van der Waals surface area contributed by atoms with Crippen LogP contribution in [0.2, 0.25) is 0 Å². The van der Waals surface area contributed by atoms with E-state index in [1.807, 2.05) is 108 Å². The largest absolute Gasteiger partial charge is 0.477 e. The van der Waals surface area contributed by atoms with Crippen LogP contribution in [-0.2, 0) is 12.1 Å². The highest BCUT2D eigenvalue weighted by Gasteiger charge is 2.42. The van der Waals surface area contributed by atoms with Gasteiger partial charge in [0.15, 0.2) is 12.1 Å². The van der Waals surface area contributed by atoms with Crippen LogP contribution in [-0.4, -0.2) is 42.1 Å². The van der Waals surface area contributed by atoms with Gasteiger partial charge in [-0.05, 0) is 55.9 Å². The average Bonchev–Trinajstić information content (AvgIpc) is 3.78. The fourth-order valence-corrected chi connectivity index (χ4v) is 6.34. The Morgan fingerprint density at radius 2 is 1.19 bits per heavy atom. The highest BCUT2D eigenvalue weighted by Crippen LogP contribution is 2.43. The molecule has 0 saturated carbocycles. The van der Waals surface area contributed by atoms with Crippen molar-refractivity contribution in [3.05, 3.63) is 185 Å². The molecule has 8 nitrogen and oxygen atoms in total. The van der Waals surface area contributed by atoms with E-state index in [1.54, 1.807) is 0 Å². The first-order chi connectivity index (χ1) is 23.1. The Kier molecular flexibility index (Phi) is 7.81. The van der Waals surface area contributed by atoms with E-state index in [-0.39, 0.29) is 12.2 Å². The fraction of sp³-hybridized carbons (Fsp3) is 0.0513. The van der Waals surface area contributed by atoms with Crippen molar-refractivity contribution >= 4 is 12.3 Å². The Morgan fingerprint density at radius 1 is 0.660 bits per heavy atom. The third-order valence-corrected chi connectivity index (χ3v) is 8.49. The molecule has 0 amide bonds. The molecule has 0 radical (unpaired) electrons. The number of benzene rings is 5.